The monoisotopic (exact) mass is 320 g/mol. The van der Waals surface area contributed by atoms with Crippen molar-refractivity contribution >= 4 is 39.2 Å². The van der Waals surface area contributed by atoms with Crippen LogP contribution in [0, 0.1) is 0 Å². The van der Waals surface area contributed by atoms with Gasteiger partial charge in [-0.2, -0.15) is 23.5 Å². The van der Waals surface area contributed by atoms with Crippen molar-refractivity contribution in [2.75, 3.05) is 29.2 Å². The Balaban J connectivity index is 2.05. The summed E-state index contributed by atoms with van der Waals surface area (Å²) in [5.74, 6) is 8.47. The first-order valence-electron chi connectivity index (χ1n) is 5.74. The third kappa shape index (κ3) is 3.99. The molecule has 2 rings (SSSR count). The van der Waals surface area contributed by atoms with E-state index < -0.39 is 10.0 Å². The molecule has 1 aromatic heterocycles. The molecular formula is C10H16N4O2S3. The Hall–Kier alpha value is -0.480. The lowest BCUT2D eigenvalue weighted by atomic mass is 10.4. The zero-order chi connectivity index (χ0) is 13.7. The van der Waals surface area contributed by atoms with Gasteiger partial charge in [0.15, 0.2) is 5.03 Å². The second-order valence-electron chi connectivity index (χ2n) is 3.92. The molecule has 1 aromatic rings. The Bertz CT molecular complexity index is 517. The standard InChI is InChI=1S/C10H16N4O2S3/c11-14-9-2-1-3-12-10(9)19(15,16)13-6-8-7-17-4-5-18-8/h1-3,8,13-14H,4-7,11H2. The van der Waals surface area contributed by atoms with Gasteiger partial charge in [0.05, 0.1) is 5.69 Å². The fraction of sp³-hybridized carbons (Fsp3) is 0.500. The summed E-state index contributed by atoms with van der Waals surface area (Å²) in [6, 6.07) is 3.20. The number of rotatable bonds is 5. The fourth-order valence-corrected chi connectivity index (χ4v) is 5.53. The molecule has 1 atom stereocenters. The van der Waals surface area contributed by atoms with Crippen molar-refractivity contribution in [3.63, 3.8) is 0 Å². The largest absolute Gasteiger partial charge is 0.321 e. The van der Waals surface area contributed by atoms with Crippen molar-refractivity contribution in [2.45, 2.75) is 10.3 Å². The average molecular weight is 320 g/mol. The predicted octanol–water partition coefficient (Wildman–Crippen LogP) is 0.494. The Morgan fingerprint density at radius 1 is 1.47 bits per heavy atom. The zero-order valence-electron chi connectivity index (χ0n) is 10.2. The number of aromatic nitrogens is 1. The molecule has 0 saturated carbocycles. The Morgan fingerprint density at radius 3 is 3.00 bits per heavy atom. The number of thioether (sulfide) groups is 2. The minimum absolute atomic E-state index is 0.0639. The Labute approximate surface area is 121 Å². The molecule has 1 aliphatic heterocycles. The molecule has 0 bridgehead atoms. The van der Waals surface area contributed by atoms with Crippen LogP contribution in [0.1, 0.15) is 0 Å². The molecule has 1 unspecified atom stereocenters. The smallest absolute Gasteiger partial charge is 0.260 e. The van der Waals surface area contributed by atoms with E-state index in [0.717, 1.165) is 17.3 Å². The van der Waals surface area contributed by atoms with E-state index in [4.69, 9.17) is 5.84 Å². The van der Waals surface area contributed by atoms with Gasteiger partial charge in [-0.05, 0) is 12.1 Å². The number of nitrogens with one attached hydrogen (secondary N) is 2. The maximum Gasteiger partial charge on any atom is 0.260 e. The number of hydrogen-bond acceptors (Lipinski definition) is 7. The first-order valence-corrected chi connectivity index (χ1v) is 9.43. The van der Waals surface area contributed by atoms with Crippen LogP contribution < -0.4 is 16.0 Å². The highest BCUT2D eigenvalue weighted by Crippen LogP contribution is 2.24. The first kappa shape index (κ1) is 14.9. The van der Waals surface area contributed by atoms with Gasteiger partial charge in [0.2, 0.25) is 0 Å². The van der Waals surface area contributed by atoms with E-state index in [-0.39, 0.29) is 5.03 Å². The molecule has 19 heavy (non-hydrogen) atoms. The molecule has 2 heterocycles. The number of hydrazine groups is 1. The molecule has 0 aliphatic carbocycles. The van der Waals surface area contributed by atoms with Gasteiger partial charge >= 0.3 is 0 Å². The van der Waals surface area contributed by atoms with Gasteiger partial charge in [0.1, 0.15) is 0 Å². The van der Waals surface area contributed by atoms with Gasteiger partial charge in [0, 0.05) is 35.3 Å². The molecule has 1 aliphatic rings. The normalized spacial score (nSPS) is 20.2. The van der Waals surface area contributed by atoms with Crippen molar-refractivity contribution in [1.82, 2.24) is 9.71 Å². The highest BCUT2D eigenvalue weighted by molar-refractivity contribution is 8.06. The van der Waals surface area contributed by atoms with E-state index in [0.29, 0.717) is 17.5 Å². The van der Waals surface area contributed by atoms with Crippen molar-refractivity contribution in [3.8, 4) is 0 Å². The van der Waals surface area contributed by atoms with E-state index in [1.807, 2.05) is 11.8 Å². The predicted molar refractivity (Wildman–Crippen MR) is 80.8 cm³/mol. The SMILES string of the molecule is NNc1cccnc1S(=O)(=O)NCC1CSCCS1. The van der Waals surface area contributed by atoms with E-state index in [1.165, 1.54) is 6.20 Å². The number of nitrogens with zero attached hydrogens (tertiary/aromatic N) is 1. The van der Waals surface area contributed by atoms with Crippen molar-refractivity contribution in [3.05, 3.63) is 18.3 Å². The zero-order valence-corrected chi connectivity index (χ0v) is 12.7. The summed E-state index contributed by atoms with van der Waals surface area (Å²) in [5, 5.41) is 0.248. The summed E-state index contributed by atoms with van der Waals surface area (Å²) >= 11 is 3.65. The van der Waals surface area contributed by atoms with E-state index in [9.17, 15) is 8.42 Å². The number of pyridine rings is 1. The van der Waals surface area contributed by atoms with E-state index >= 15 is 0 Å². The maximum atomic E-state index is 12.2. The van der Waals surface area contributed by atoms with Crippen LogP contribution in [0.4, 0.5) is 5.69 Å². The third-order valence-corrected chi connectivity index (χ3v) is 6.79. The van der Waals surface area contributed by atoms with Crippen LogP contribution >= 0.6 is 23.5 Å². The lowest BCUT2D eigenvalue weighted by Crippen LogP contribution is -2.34. The Morgan fingerprint density at radius 2 is 2.32 bits per heavy atom. The molecule has 9 heteroatoms. The molecule has 106 valence electrons. The van der Waals surface area contributed by atoms with Gasteiger partial charge in [-0.25, -0.2) is 18.1 Å². The van der Waals surface area contributed by atoms with Crippen LogP contribution in [-0.2, 0) is 10.0 Å². The summed E-state index contributed by atoms with van der Waals surface area (Å²) in [4.78, 5) is 3.88. The second-order valence-corrected chi connectivity index (χ2v) is 8.16. The lowest BCUT2D eigenvalue weighted by Gasteiger charge is -2.21. The summed E-state index contributed by atoms with van der Waals surface area (Å²) in [6.07, 6.45) is 1.43. The highest BCUT2D eigenvalue weighted by atomic mass is 32.2. The molecule has 4 N–H and O–H groups in total. The van der Waals surface area contributed by atoms with Gasteiger partial charge in [-0.1, -0.05) is 0 Å². The third-order valence-electron chi connectivity index (χ3n) is 2.57. The molecule has 0 aromatic carbocycles. The molecule has 1 saturated heterocycles. The van der Waals surface area contributed by atoms with Crippen molar-refractivity contribution < 1.29 is 8.42 Å². The molecule has 6 nitrogen and oxygen atoms in total. The summed E-state index contributed by atoms with van der Waals surface area (Å²) in [7, 11) is -3.63. The Kier molecular flexibility index (Phi) is 5.34. The number of nitrogens with two attached hydrogens (primary N) is 1. The maximum absolute atomic E-state index is 12.2. The first-order chi connectivity index (χ1) is 9.13. The van der Waals surface area contributed by atoms with Crippen LogP contribution in [0.2, 0.25) is 0 Å². The summed E-state index contributed by atoms with van der Waals surface area (Å²) < 4.78 is 26.9. The van der Waals surface area contributed by atoms with E-state index in [2.05, 4.69) is 15.1 Å². The van der Waals surface area contributed by atoms with Gasteiger partial charge < -0.3 is 5.43 Å². The minimum atomic E-state index is -3.63. The number of sulfonamides is 1. The summed E-state index contributed by atoms with van der Waals surface area (Å²) in [6.45, 7) is 0.417. The molecular weight excluding hydrogens is 304 g/mol. The quantitative estimate of drug-likeness (QED) is 0.537. The van der Waals surface area contributed by atoms with E-state index in [1.54, 1.807) is 23.9 Å². The van der Waals surface area contributed by atoms with Crippen LogP contribution in [0.15, 0.2) is 23.4 Å². The minimum Gasteiger partial charge on any atom is -0.321 e. The molecule has 0 spiro atoms. The van der Waals surface area contributed by atoms with Gasteiger partial charge in [-0.15, -0.1) is 0 Å². The average Bonchev–Trinajstić information content (AvgIpc) is 2.46. The van der Waals surface area contributed by atoms with Gasteiger partial charge in [-0.3, -0.25) is 5.84 Å². The molecule has 1 fully saturated rings. The molecule has 0 radical (unpaired) electrons. The van der Waals surface area contributed by atoms with Crippen LogP contribution in [0.5, 0.6) is 0 Å². The topological polar surface area (TPSA) is 97.1 Å². The van der Waals surface area contributed by atoms with Crippen molar-refractivity contribution in [1.29, 1.82) is 0 Å². The van der Waals surface area contributed by atoms with Crippen LogP contribution in [-0.4, -0.2) is 42.5 Å². The fourth-order valence-electron chi connectivity index (χ4n) is 1.64. The van der Waals surface area contributed by atoms with Crippen LogP contribution in [0.25, 0.3) is 0 Å². The number of hydrogen-bond donors (Lipinski definition) is 3. The number of nitrogen functional groups attached to an aromatic ring is 1. The van der Waals surface area contributed by atoms with Gasteiger partial charge in [0.25, 0.3) is 10.0 Å². The lowest BCUT2D eigenvalue weighted by molar-refractivity contribution is 0.578. The number of anilines is 1. The molecule has 0 amide bonds. The summed E-state index contributed by atoms with van der Waals surface area (Å²) in [5.41, 5.74) is 2.64. The van der Waals surface area contributed by atoms with Crippen LogP contribution in [0.3, 0.4) is 0 Å². The highest BCUT2D eigenvalue weighted by Gasteiger charge is 2.22. The van der Waals surface area contributed by atoms with Crippen molar-refractivity contribution in [2.24, 2.45) is 5.84 Å². The second kappa shape index (κ2) is 6.80.